The molecular weight excluding hydrogens is 206 g/mol. The van der Waals surface area contributed by atoms with E-state index in [-0.39, 0.29) is 11.9 Å². The SMILES string of the molecule is CCOC(CCNCC(C)(C)OC)OCC. The molecule has 0 radical (unpaired) electrons. The summed E-state index contributed by atoms with van der Waals surface area (Å²) in [4.78, 5) is 0. The summed E-state index contributed by atoms with van der Waals surface area (Å²) >= 11 is 0. The van der Waals surface area contributed by atoms with Crippen LogP contribution in [0.25, 0.3) is 0 Å². The van der Waals surface area contributed by atoms with Crippen LogP contribution >= 0.6 is 0 Å². The Kier molecular flexibility index (Phi) is 8.84. The summed E-state index contributed by atoms with van der Waals surface area (Å²) in [5.74, 6) is 0. The summed E-state index contributed by atoms with van der Waals surface area (Å²) in [5, 5.41) is 3.34. The van der Waals surface area contributed by atoms with E-state index in [0.29, 0.717) is 13.2 Å². The van der Waals surface area contributed by atoms with Crippen LogP contribution in [0, 0.1) is 0 Å². The van der Waals surface area contributed by atoms with Gasteiger partial charge in [-0.15, -0.1) is 0 Å². The molecule has 0 aliphatic heterocycles. The predicted octanol–water partition coefficient (Wildman–Crippen LogP) is 1.79. The molecule has 0 aliphatic carbocycles. The standard InChI is InChI=1S/C12H27NO3/c1-6-15-11(16-7-2)8-9-13-10-12(3,4)14-5/h11,13H,6-10H2,1-5H3. The molecule has 0 aromatic rings. The van der Waals surface area contributed by atoms with Gasteiger partial charge in [0.15, 0.2) is 6.29 Å². The molecule has 0 fully saturated rings. The number of hydrogen-bond acceptors (Lipinski definition) is 4. The van der Waals surface area contributed by atoms with E-state index in [4.69, 9.17) is 14.2 Å². The lowest BCUT2D eigenvalue weighted by Crippen LogP contribution is -2.38. The zero-order valence-electron chi connectivity index (χ0n) is 11.3. The van der Waals surface area contributed by atoms with Gasteiger partial charge < -0.3 is 19.5 Å². The van der Waals surface area contributed by atoms with Gasteiger partial charge in [-0.05, 0) is 27.7 Å². The third-order valence-electron chi connectivity index (χ3n) is 2.37. The number of hydrogen-bond donors (Lipinski definition) is 1. The van der Waals surface area contributed by atoms with Crippen LogP contribution in [-0.2, 0) is 14.2 Å². The predicted molar refractivity (Wildman–Crippen MR) is 65.6 cm³/mol. The van der Waals surface area contributed by atoms with Crippen molar-refractivity contribution in [3.05, 3.63) is 0 Å². The molecule has 0 bridgehead atoms. The topological polar surface area (TPSA) is 39.7 Å². The number of methoxy groups -OCH3 is 1. The molecule has 0 saturated carbocycles. The second kappa shape index (κ2) is 8.93. The van der Waals surface area contributed by atoms with E-state index >= 15 is 0 Å². The number of rotatable bonds is 10. The maximum absolute atomic E-state index is 5.45. The van der Waals surface area contributed by atoms with Gasteiger partial charge in [0.1, 0.15) is 0 Å². The summed E-state index contributed by atoms with van der Waals surface area (Å²) < 4.78 is 16.2. The van der Waals surface area contributed by atoms with Crippen LogP contribution in [0.15, 0.2) is 0 Å². The fourth-order valence-electron chi connectivity index (χ4n) is 1.27. The lowest BCUT2D eigenvalue weighted by molar-refractivity contribution is -0.139. The van der Waals surface area contributed by atoms with E-state index in [1.807, 2.05) is 13.8 Å². The van der Waals surface area contributed by atoms with Crippen LogP contribution in [-0.4, -0.2) is 45.3 Å². The van der Waals surface area contributed by atoms with Crippen LogP contribution in [0.3, 0.4) is 0 Å². The van der Waals surface area contributed by atoms with Crippen molar-refractivity contribution in [3.8, 4) is 0 Å². The van der Waals surface area contributed by atoms with Crippen LogP contribution in [0.5, 0.6) is 0 Å². The van der Waals surface area contributed by atoms with Crippen LogP contribution in [0.2, 0.25) is 0 Å². The minimum absolute atomic E-state index is 0.0897. The summed E-state index contributed by atoms with van der Waals surface area (Å²) in [7, 11) is 1.73. The molecule has 0 rings (SSSR count). The molecule has 0 heterocycles. The normalized spacial score (nSPS) is 12.4. The summed E-state index contributed by atoms with van der Waals surface area (Å²) in [6.07, 6.45) is 0.773. The average Bonchev–Trinajstić information content (AvgIpc) is 2.25. The van der Waals surface area contributed by atoms with E-state index in [0.717, 1.165) is 19.5 Å². The Bertz CT molecular complexity index is 156. The van der Waals surface area contributed by atoms with Gasteiger partial charge in [0.2, 0.25) is 0 Å². The highest BCUT2D eigenvalue weighted by molar-refractivity contribution is 4.70. The van der Waals surface area contributed by atoms with Crippen LogP contribution < -0.4 is 5.32 Å². The Morgan fingerprint density at radius 2 is 1.69 bits per heavy atom. The fourth-order valence-corrected chi connectivity index (χ4v) is 1.27. The minimum atomic E-state index is -0.118. The van der Waals surface area contributed by atoms with Crippen molar-refractivity contribution < 1.29 is 14.2 Å². The molecule has 0 unspecified atom stereocenters. The van der Waals surface area contributed by atoms with Crippen molar-refractivity contribution in [2.24, 2.45) is 0 Å². The lowest BCUT2D eigenvalue weighted by Gasteiger charge is -2.24. The van der Waals surface area contributed by atoms with Gasteiger partial charge in [0.25, 0.3) is 0 Å². The first-order valence-electron chi connectivity index (χ1n) is 6.04. The van der Waals surface area contributed by atoms with Crippen molar-refractivity contribution in [2.45, 2.75) is 46.0 Å². The first-order valence-corrected chi connectivity index (χ1v) is 6.04. The Labute approximate surface area is 99.6 Å². The van der Waals surface area contributed by atoms with Crippen molar-refractivity contribution in [3.63, 3.8) is 0 Å². The van der Waals surface area contributed by atoms with E-state index in [1.54, 1.807) is 7.11 Å². The summed E-state index contributed by atoms with van der Waals surface area (Å²) in [6, 6.07) is 0. The second-order valence-corrected chi connectivity index (χ2v) is 4.27. The van der Waals surface area contributed by atoms with E-state index < -0.39 is 0 Å². The molecule has 4 nitrogen and oxygen atoms in total. The van der Waals surface area contributed by atoms with Crippen LogP contribution in [0.4, 0.5) is 0 Å². The molecule has 0 saturated heterocycles. The van der Waals surface area contributed by atoms with E-state index in [2.05, 4.69) is 19.2 Å². The highest BCUT2D eigenvalue weighted by atomic mass is 16.7. The van der Waals surface area contributed by atoms with Crippen molar-refractivity contribution in [1.29, 1.82) is 0 Å². The van der Waals surface area contributed by atoms with E-state index in [1.165, 1.54) is 0 Å². The summed E-state index contributed by atoms with van der Waals surface area (Å²) in [6.45, 7) is 11.2. The number of nitrogens with one attached hydrogen (secondary N) is 1. The molecule has 0 atom stereocenters. The largest absolute Gasteiger partial charge is 0.377 e. The quantitative estimate of drug-likeness (QED) is 0.461. The third-order valence-corrected chi connectivity index (χ3v) is 2.37. The zero-order chi connectivity index (χ0) is 12.4. The molecule has 0 aromatic carbocycles. The molecule has 98 valence electrons. The van der Waals surface area contributed by atoms with Gasteiger partial charge in [-0.2, -0.15) is 0 Å². The monoisotopic (exact) mass is 233 g/mol. The molecular formula is C12H27NO3. The Morgan fingerprint density at radius 3 is 2.12 bits per heavy atom. The van der Waals surface area contributed by atoms with Crippen molar-refractivity contribution in [1.82, 2.24) is 5.32 Å². The van der Waals surface area contributed by atoms with Gasteiger partial charge in [0.05, 0.1) is 5.60 Å². The molecule has 0 aliphatic rings. The Morgan fingerprint density at radius 1 is 1.12 bits per heavy atom. The highest BCUT2D eigenvalue weighted by Gasteiger charge is 2.15. The highest BCUT2D eigenvalue weighted by Crippen LogP contribution is 2.05. The molecule has 16 heavy (non-hydrogen) atoms. The van der Waals surface area contributed by atoms with Crippen molar-refractivity contribution >= 4 is 0 Å². The summed E-state index contributed by atoms with van der Waals surface area (Å²) in [5.41, 5.74) is -0.118. The third kappa shape index (κ3) is 8.05. The average molecular weight is 233 g/mol. The minimum Gasteiger partial charge on any atom is -0.377 e. The molecule has 4 heteroatoms. The maximum Gasteiger partial charge on any atom is 0.158 e. The Balaban J connectivity index is 3.61. The fraction of sp³-hybridized carbons (Fsp3) is 1.00. The van der Waals surface area contributed by atoms with Gasteiger partial charge in [-0.3, -0.25) is 0 Å². The number of ether oxygens (including phenoxy) is 3. The molecule has 0 amide bonds. The first kappa shape index (κ1) is 15.8. The smallest absolute Gasteiger partial charge is 0.158 e. The molecule has 0 spiro atoms. The maximum atomic E-state index is 5.45. The zero-order valence-corrected chi connectivity index (χ0v) is 11.3. The molecule has 0 aromatic heterocycles. The van der Waals surface area contributed by atoms with Gasteiger partial charge in [-0.25, -0.2) is 0 Å². The second-order valence-electron chi connectivity index (χ2n) is 4.27. The van der Waals surface area contributed by atoms with Gasteiger partial charge in [-0.1, -0.05) is 0 Å². The Hall–Kier alpha value is -0.160. The van der Waals surface area contributed by atoms with Gasteiger partial charge >= 0.3 is 0 Å². The van der Waals surface area contributed by atoms with Gasteiger partial charge in [0, 0.05) is 39.8 Å². The molecule has 1 N–H and O–H groups in total. The first-order chi connectivity index (χ1) is 7.55. The van der Waals surface area contributed by atoms with Crippen LogP contribution in [0.1, 0.15) is 34.1 Å². The van der Waals surface area contributed by atoms with Crippen molar-refractivity contribution in [2.75, 3.05) is 33.4 Å². The lowest BCUT2D eigenvalue weighted by atomic mass is 10.1. The van der Waals surface area contributed by atoms with E-state index in [9.17, 15) is 0 Å².